The molecule has 0 atom stereocenters. The van der Waals surface area contributed by atoms with Crippen LogP contribution in [0.4, 0.5) is 0 Å². The van der Waals surface area contributed by atoms with Crippen molar-refractivity contribution >= 4 is 28.0 Å². The molecule has 0 bridgehead atoms. The van der Waals surface area contributed by atoms with E-state index in [1.807, 2.05) is 0 Å². The fraction of sp³-hybridized carbons (Fsp3) is 0.857. The first kappa shape index (κ1) is 18.5. The zero-order valence-electron chi connectivity index (χ0n) is 12.2. The van der Waals surface area contributed by atoms with Crippen molar-refractivity contribution in [2.45, 2.75) is 78.1 Å². The predicted octanol–water partition coefficient (Wildman–Crippen LogP) is 3.55. The fourth-order valence-corrected chi connectivity index (χ4v) is 2.51. The van der Waals surface area contributed by atoms with Crippen LogP contribution in [0.25, 0.3) is 0 Å². The Morgan fingerprint density at radius 3 is 1.53 bits per heavy atom. The van der Waals surface area contributed by atoms with Crippen LogP contribution in [0.3, 0.4) is 0 Å². The summed E-state index contributed by atoms with van der Waals surface area (Å²) in [4.78, 5) is 22.6. The Balaban J connectivity index is 3.35. The summed E-state index contributed by atoms with van der Waals surface area (Å²) in [5.41, 5.74) is 0. The van der Waals surface area contributed by atoms with Gasteiger partial charge in [0, 0.05) is 0 Å². The van der Waals surface area contributed by atoms with E-state index in [4.69, 9.17) is 7.53 Å². The Hall–Kier alpha value is -0.517. The van der Waals surface area contributed by atoms with E-state index in [9.17, 15) is 9.59 Å². The Bertz CT molecular complexity index is 220. The van der Waals surface area contributed by atoms with Crippen LogP contribution in [0.15, 0.2) is 0 Å². The predicted molar refractivity (Wildman–Crippen MR) is 75.5 cm³/mol. The maximum atomic E-state index is 11.3. The van der Waals surface area contributed by atoms with Crippen molar-refractivity contribution in [3.05, 3.63) is 0 Å². The Morgan fingerprint density at radius 2 is 1.16 bits per heavy atom. The molecule has 4 nitrogen and oxygen atoms in total. The van der Waals surface area contributed by atoms with Crippen molar-refractivity contribution in [3.63, 3.8) is 0 Å². The summed E-state index contributed by atoms with van der Waals surface area (Å²) in [6.07, 6.45) is 9.33. The summed E-state index contributed by atoms with van der Waals surface area (Å²) < 4.78 is 9.93. The first-order valence-corrected chi connectivity index (χ1v) is 9.06. The van der Waals surface area contributed by atoms with Gasteiger partial charge in [0.2, 0.25) is 0 Å². The summed E-state index contributed by atoms with van der Waals surface area (Å²) >= 11 is -1.34. The molecule has 0 heterocycles. The average molecular weight is 331 g/mol. The molecule has 0 aromatic rings. The molecule has 5 heteroatoms. The Labute approximate surface area is 123 Å². The molecule has 2 radical (unpaired) electrons. The normalized spacial score (nSPS) is 10.2. The summed E-state index contributed by atoms with van der Waals surface area (Å²) in [6, 6.07) is 0. The summed E-state index contributed by atoms with van der Waals surface area (Å²) in [7, 11) is 0. The van der Waals surface area contributed by atoms with Crippen LogP contribution < -0.4 is 0 Å². The van der Waals surface area contributed by atoms with Gasteiger partial charge in [-0.3, -0.25) is 0 Å². The SMILES string of the molecule is CCCCCCC(=O)[O][Ge][O]C(=O)CCCCCC. The van der Waals surface area contributed by atoms with Gasteiger partial charge in [0.25, 0.3) is 0 Å². The van der Waals surface area contributed by atoms with Crippen molar-refractivity contribution in [2.75, 3.05) is 0 Å². The molecule has 110 valence electrons. The van der Waals surface area contributed by atoms with Gasteiger partial charge in [0.15, 0.2) is 0 Å². The van der Waals surface area contributed by atoms with Crippen molar-refractivity contribution in [1.29, 1.82) is 0 Å². The topological polar surface area (TPSA) is 52.6 Å². The van der Waals surface area contributed by atoms with Gasteiger partial charge in [-0.25, -0.2) is 0 Å². The summed E-state index contributed by atoms with van der Waals surface area (Å²) in [5.74, 6) is -0.454. The third-order valence-electron chi connectivity index (χ3n) is 2.78. The van der Waals surface area contributed by atoms with Gasteiger partial charge in [0.05, 0.1) is 0 Å². The van der Waals surface area contributed by atoms with Crippen LogP contribution >= 0.6 is 0 Å². The molecule has 0 aliphatic carbocycles. The van der Waals surface area contributed by atoms with E-state index in [1.54, 1.807) is 0 Å². The molecule has 0 aliphatic rings. The van der Waals surface area contributed by atoms with E-state index in [-0.39, 0.29) is 11.9 Å². The molecule has 0 spiro atoms. The van der Waals surface area contributed by atoms with Crippen LogP contribution in [-0.4, -0.2) is 28.0 Å². The van der Waals surface area contributed by atoms with E-state index in [0.717, 1.165) is 51.4 Å². The van der Waals surface area contributed by atoms with Gasteiger partial charge in [-0.1, -0.05) is 0 Å². The first-order chi connectivity index (χ1) is 9.20. The Kier molecular flexibility index (Phi) is 13.5. The van der Waals surface area contributed by atoms with E-state index in [1.165, 1.54) is 0 Å². The number of rotatable bonds is 12. The van der Waals surface area contributed by atoms with Crippen LogP contribution in [0.5, 0.6) is 0 Å². The van der Waals surface area contributed by atoms with Crippen molar-refractivity contribution in [1.82, 2.24) is 0 Å². The van der Waals surface area contributed by atoms with E-state index >= 15 is 0 Å². The maximum absolute atomic E-state index is 11.3. The zero-order chi connectivity index (χ0) is 14.3. The van der Waals surface area contributed by atoms with Gasteiger partial charge in [-0.15, -0.1) is 0 Å². The van der Waals surface area contributed by atoms with Gasteiger partial charge in [0.1, 0.15) is 0 Å². The van der Waals surface area contributed by atoms with Gasteiger partial charge < -0.3 is 0 Å². The van der Waals surface area contributed by atoms with E-state index in [2.05, 4.69) is 13.8 Å². The molecule has 0 amide bonds. The van der Waals surface area contributed by atoms with Crippen molar-refractivity contribution in [2.24, 2.45) is 0 Å². The van der Waals surface area contributed by atoms with Gasteiger partial charge in [-0.05, 0) is 0 Å². The monoisotopic (exact) mass is 332 g/mol. The fourth-order valence-electron chi connectivity index (χ4n) is 1.61. The van der Waals surface area contributed by atoms with Crippen molar-refractivity contribution < 1.29 is 17.1 Å². The quantitative estimate of drug-likeness (QED) is 0.405. The molecular weight excluding hydrogens is 305 g/mol. The second-order valence-electron chi connectivity index (χ2n) is 4.65. The minimum absolute atomic E-state index is 0.227. The Morgan fingerprint density at radius 1 is 0.737 bits per heavy atom. The third kappa shape index (κ3) is 13.7. The molecule has 0 aromatic heterocycles. The molecule has 0 saturated heterocycles. The minimum atomic E-state index is -1.34. The van der Waals surface area contributed by atoms with Gasteiger partial charge in [-0.2, -0.15) is 0 Å². The summed E-state index contributed by atoms with van der Waals surface area (Å²) in [5, 5.41) is 0. The third-order valence-corrected chi connectivity index (χ3v) is 4.08. The molecule has 0 unspecified atom stereocenters. The van der Waals surface area contributed by atoms with Crippen LogP contribution in [0.2, 0.25) is 0 Å². The van der Waals surface area contributed by atoms with Crippen molar-refractivity contribution in [3.8, 4) is 0 Å². The molecule has 0 saturated carbocycles. The number of hydrogen-bond acceptors (Lipinski definition) is 4. The van der Waals surface area contributed by atoms with Crippen LogP contribution in [0.1, 0.15) is 78.1 Å². The van der Waals surface area contributed by atoms with Gasteiger partial charge >= 0.3 is 123 Å². The number of carbonyl (C=O) groups excluding carboxylic acids is 2. The average Bonchev–Trinajstić information content (AvgIpc) is 2.40. The molecule has 19 heavy (non-hydrogen) atoms. The number of unbranched alkanes of at least 4 members (excludes halogenated alkanes) is 6. The molecule has 0 N–H and O–H groups in total. The van der Waals surface area contributed by atoms with E-state index < -0.39 is 16.1 Å². The van der Waals surface area contributed by atoms with Crippen LogP contribution in [-0.2, 0) is 17.1 Å². The number of carbonyl (C=O) groups is 2. The first-order valence-electron chi connectivity index (χ1n) is 7.35. The second-order valence-corrected chi connectivity index (χ2v) is 5.86. The van der Waals surface area contributed by atoms with E-state index in [0.29, 0.717) is 12.8 Å². The second kappa shape index (κ2) is 13.9. The summed E-state index contributed by atoms with van der Waals surface area (Å²) in [6.45, 7) is 4.26. The molecular formula is C14H26GeO4. The number of hydrogen-bond donors (Lipinski definition) is 0. The van der Waals surface area contributed by atoms with Crippen LogP contribution in [0, 0.1) is 0 Å². The standard InChI is InChI=1S/C14H26GeO4/c1-3-5-7-9-11-13(16)18-15-19-14(17)12-10-8-6-4-2/h3-12H2,1-2H3. The molecule has 0 aliphatic heterocycles. The molecule has 0 aromatic carbocycles. The zero-order valence-corrected chi connectivity index (χ0v) is 14.3. The molecule has 0 rings (SSSR count). The molecule has 0 fully saturated rings.